The summed E-state index contributed by atoms with van der Waals surface area (Å²) in [6.45, 7) is 0.520. The Labute approximate surface area is 162 Å². The second kappa shape index (κ2) is 8.92. The van der Waals surface area contributed by atoms with E-state index in [1.807, 2.05) is 62.6 Å². The molecule has 2 aromatic carbocycles. The lowest BCUT2D eigenvalue weighted by atomic mass is 10.1. The average molecular weight is 385 g/mol. The minimum Gasteiger partial charge on any atom is -0.497 e. The molecule has 0 bridgehead atoms. The van der Waals surface area contributed by atoms with Crippen molar-refractivity contribution in [3.05, 3.63) is 54.1 Å². The predicted octanol–water partition coefficient (Wildman–Crippen LogP) is 3.35. The van der Waals surface area contributed by atoms with Crippen LogP contribution >= 0.6 is 11.8 Å². The molecule has 0 aliphatic heterocycles. The molecule has 6 nitrogen and oxygen atoms in total. The molecule has 1 unspecified atom stereocenters. The van der Waals surface area contributed by atoms with Gasteiger partial charge in [-0.05, 0) is 43.9 Å². The Morgan fingerprint density at radius 3 is 2.63 bits per heavy atom. The maximum absolute atomic E-state index is 12.3. The fourth-order valence-electron chi connectivity index (χ4n) is 2.73. The highest BCUT2D eigenvalue weighted by Crippen LogP contribution is 2.23. The number of aromatic nitrogens is 1. The lowest BCUT2D eigenvalue weighted by Gasteiger charge is -2.25. The molecule has 0 aliphatic rings. The fourth-order valence-corrected chi connectivity index (χ4v) is 3.39. The van der Waals surface area contributed by atoms with Crippen molar-refractivity contribution in [3.8, 4) is 5.75 Å². The van der Waals surface area contributed by atoms with Crippen LogP contribution in [0.5, 0.6) is 5.75 Å². The fraction of sp³-hybridized carbons (Fsp3) is 0.300. The summed E-state index contributed by atoms with van der Waals surface area (Å²) in [4.78, 5) is 18.7. The number of likely N-dealkylation sites (N-methyl/N-ethyl adjacent to an activating group) is 1. The van der Waals surface area contributed by atoms with Gasteiger partial charge in [-0.25, -0.2) is 4.98 Å². The summed E-state index contributed by atoms with van der Waals surface area (Å²) in [5.74, 6) is 1.02. The molecule has 1 heterocycles. The Balaban J connectivity index is 1.54. The highest BCUT2D eigenvalue weighted by molar-refractivity contribution is 7.99. The van der Waals surface area contributed by atoms with Gasteiger partial charge in [-0.15, -0.1) is 0 Å². The van der Waals surface area contributed by atoms with E-state index in [1.54, 1.807) is 7.11 Å². The minimum atomic E-state index is -0.0531. The van der Waals surface area contributed by atoms with Crippen LogP contribution in [0.4, 0.5) is 0 Å². The minimum absolute atomic E-state index is 0.0531. The van der Waals surface area contributed by atoms with E-state index in [2.05, 4.69) is 15.2 Å². The van der Waals surface area contributed by atoms with Crippen molar-refractivity contribution in [1.29, 1.82) is 0 Å². The Hall–Kier alpha value is -2.51. The topological polar surface area (TPSA) is 67.6 Å². The van der Waals surface area contributed by atoms with Crippen LogP contribution in [-0.2, 0) is 4.79 Å². The van der Waals surface area contributed by atoms with Crippen LogP contribution in [0.3, 0.4) is 0 Å². The highest BCUT2D eigenvalue weighted by Gasteiger charge is 2.16. The summed E-state index contributed by atoms with van der Waals surface area (Å²) >= 11 is 1.30. The first kappa shape index (κ1) is 19.3. The van der Waals surface area contributed by atoms with E-state index in [9.17, 15) is 4.79 Å². The van der Waals surface area contributed by atoms with Crippen LogP contribution in [-0.4, -0.2) is 49.3 Å². The van der Waals surface area contributed by atoms with Gasteiger partial charge in [-0.1, -0.05) is 36.0 Å². The number of thioether (sulfide) groups is 1. The smallest absolute Gasteiger partial charge is 0.257 e. The van der Waals surface area contributed by atoms with Gasteiger partial charge in [0, 0.05) is 6.54 Å². The van der Waals surface area contributed by atoms with Crippen molar-refractivity contribution in [2.24, 2.45) is 0 Å². The largest absolute Gasteiger partial charge is 0.497 e. The van der Waals surface area contributed by atoms with Gasteiger partial charge >= 0.3 is 0 Å². The molecule has 0 spiro atoms. The average Bonchev–Trinajstić information content (AvgIpc) is 3.10. The molecular formula is C20H23N3O3S. The second-order valence-electron chi connectivity index (χ2n) is 6.29. The number of nitrogens with zero attached hydrogens (tertiary/aromatic N) is 2. The zero-order chi connectivity index (χ0) is 19.2. The Kier molecular flexibility index (Phi) is 6.36. The van der Waals surface area contributed by atoms with Gasteiger partial charge in [-0.3, -0.25) is 4.79 Å². The van der Waals surface area contributed by atoms with Crippen LogP contribution in [0.2, 0.25) is 0 Å². The summed E-state index contributed by atoms with van der Waals surface area (Å²) in [7, 11) is 5.63. The molecule has 0 radical (unpaired) electrons. The summed E-state index contributed by atoms with van der Waals surface area (Å²) < 4.78 is 10.8. The van der Waals surface area contributed by atoms with E-state index in [4.69, 9.17) is 9.15 Å². The lowest BCUT2D eigenvalue weighted by molar-refractivity contribution is -0.118. The SMILES string of the molecule is COc1ccc(C(CNC(=O)CSc2nc3ccccc3o2)N(C)C)cc1. The number of benzene rings is 2. The summed E-state index contributed by atoms with van der Waals surface area (Å²) in [5.41, 5.74) is 2.65. The number of hydrogen-bond acceptors (Lipinski definition) is 6. The second-order valence-corrected chi connectivity index (χ2v) is 7.22. The molecule has 142 valence electrons. The van der Waals surface area contributed by atoms with E-state index in [-0.39, 0.29) is 17.7 Å². The lowest BCUT2D eigenvalue weighted by Crippen LogP contribution is -2.35. The summed E-state index contributed by atoms with van der Waals surface area (Å²) in [5, 5.41) is 3.50. The van der Waals surface area contributed by atoms with Gasteiger partial charge in [0.1, 0.15) is 11.3 Å². The van der Waals surface area contributed by atoms with Crippen LogP contribution in [0, 0.1) is 0 Å². The Morgan fingerprint density at radius 2 is 1.96 bits per heavy atom. The van der Waals surface area contributed by atoms with Crippen LogP contribution in [0.25, 0.3) is 11.1 Å². The number of oxazole rings is 1. The number of ether oxygens (including phenoxy) is 1. The van der Waals surface area contributed by atoms with Crippen molar-refractivity contribution in [1.82, 2.24) is 15.2 Å². The highest BCUT2D eigenvalue weighted by atomic mass is 32.2. The molecule has 1 N–H and O–H groups in total. The summed E-state index contributed by atoms with van der Waals surface area (Å²) in [6.07, 6.45) is 0. The van der Waals surface area contributed by atoms with E-state index in [0.717, 1.165) is 22.4 Å². The third-order valence-corrected chi connectivity index (χ3v) is 5.05. The van der Waals surface area contributed by atoms with Gasteiger partial charge in [0.2, 0.25) is 5.91 Å². The van der Waals surface area contributed by atoms with Crippen molar-refractivity contribution < 1.29 is 13.9 Å². The first-order chi connectivity index (χ1) is 13.1. The molecule has 3 aromatic rings. The zero-order valence-electron chi connectivity index (χ0n) is 15.6. The molecule has 0 aliphatic carbocycles. The molecule has 1 aromatic heterocycles. The van der Waals surface area contributed by atoms with E-state index >= 15 is 0 Å². The molecule has 0 saturated heterocycles. The van der Waals surface area contributed by atoms with Gasteiger partial charge in [-0.2, -0.15) is 0 Å². The Bertz CT molecular complexity index is 860. The van der Waals surface area contributed by atoms with Crippen LogP contribution < -0.4 is 10.1 Å². The molecular weight excluding hydrogens is 362 g/mol. The van der Waals surface area contributed by atoms with Crippen molar-refractivity contribution in [2.75, 3.05) is 33.5 Å². The number of para-hydroxylation sites is 2. The molecule has 7 heteroatoms. The van der Waals surface area contributed by atoms with E-state index in [1.165, 1.54) is 11.8 Å². The first-order valence-corrected chi connectivity index (χ1v) is 9.61. The number of hydrogen-bond donors (Lipinski definition) is 1. The number of fused-ring (bicyclic) bond motifs is 1. The molecule has 1 atom stereocenters. The maximum Gasteiger partial charge on any atom is 0.257 e. The Morgan fingerprint density at radius 1 is 1.22 bits per heavy atom. The first-order valence-electron chi connectivity index (χ1n) is 8.62. The molecule has 3 rings (SSSR count). The van der Waals surface area contributed by atoms with Crippen LogP contribution in [0.1, 0.15) is 11.6 Å². The van der Waals surface area contributed by atoms with E-state index in [0.29, 0.717) is 11.8 Å². The van der Waals surface area contributed by atoms with Crippen molar-refractivity contribution in [2.45, 2.75) is 11.3 Å². The number of nitrogens with one attached hydrogen (secondary N) is 1. The van der Waals surface area contributed by atoms with Crippen molar-refractivity contribution >= 4 is 28.8 Å². The van der Waals surface area contributed by atoms with Gasteiger partial charge < -0.3 is 19.4 Å². The van der Waals surface area contributed by atoms with Crippen molar-refractivity contribution in [3.63, 3.8) is 0 Å². The standard InChI is InChI=1S/C20H23N3O3S/c1-23(2)17(14-8-10-15(25-3)11-9-14)12-21-19(24)13-27-20-22-16-6-4-5-7-18(16)26-20/h4-11,17H,12-13H2,1-3H3,(H,21,24). The quantitative estimate of drug-likeness (QED) is 0.600. The third kappa shape index (κ3) is 5.02. The zero-order valence-corrected chi connectivity index (χ0v) is 16.5. The molecule has 0 saturated carbocycles. The number of amides is 1. The normalized spacial score (nSPS) is 12.3. The van der Waals surface area contributed by atoms with Crippen LogP contribution in [0.15, 0.2) is 58.2 Å². The maximum atomic E-state index is 12.3. The number of carbonyl (C=O) groups is 1. The molecule has 0 fully saturated rings. The molecule has 1 amide bonds. The molecule has 27 heavy (non-hydrogen) atoms. The van der Waals surface area contributed by atoms with E-state index < -0.39 is 0 Å². The summed E-state index contributed by atoms with van der Waals surface area (Å²) in [6, 6.07) is 15.5. The van der Waals surface area contributed by atoms with Gasteiger partial charge in [0.05, 0.1) is 18.9 Å². The number of rotatable bonds is 8. The monoisotopic (exact) mass is 385 g/mol. The van der Waals surface area contributed by atoms with Gasteiger partial charge in [0.15, 0.2) is 5.58 Å². The van der Waals surface area contributed by atoms with Gasteiger partial charge in [0.25, 0.3) is 5.22 Å². The number of carbonyl (C=O) groups excluding carboxylic acids is 1. The third-order valence-electron chi connectivity index (χ3n) is 4.22. The number of methoxy groups -OCH3 is 1. The predicted molar refractivity (Wildman–Crippen MR) is 107 cm³/mol.